The van der Waals surface area contributed by atoms with Gasteiger partial charge in [0.1, 0.15) is 5.82 Å². The van der Waals surface area contributed by atoms with E-state index in [4.69, 9.17) is 0 Å². The van der Waals surface area contributed by atoms with Crippen LogP contribution >= 0.6 is 23.1 Å². The number of thiophene rings is 1. The van der Waals surface area contributed by atoms with Gasteiger partial charge in [-0.15, -0.1) is 23.1 Å². The fraction of sp³-hybridized carbons (Fsp3) is 0.333. The maximum absolute atomic E-state index is 13.1. The van der Waals surface area contributed by atoms with Crippen LogP contribution in [-0.4, -0.2) is 5.25 Å². The summed E-state index contributed by atoms with van der Waals surface area (Å²) in [5, 5.41) is 6.35. The van der Waals surface area contributed by atoms with Crippen LogP contribution in [0.4, 0.5) is 10.1 Å². The Hall–Kier alpha value is -1.00. The van der Waals surface area contributed by atoms with Gasteiger partial charge in [-0.1, -0.05) is 6.92 Å². The molecular weight excluding hydrogens is 277 g/mol. The summed E-state index contributed by atoms with van der Waals surface area (Å²) >= 11 is 3.77. The monoisotopic (exact) mass is 293 g/mol. The molecule has 1 nitrogen and oxygen atoms in total. The number of anilines is 1. The van der Waals surface area contributed by atoms with Crippen LogP contribution < -0.4 is 5.32 Å². The minimum absolute atomic E-state index is 0.174. The molecule has 0 amide bonds. The average molecular weight is 293 g/mol. The highest BCUT2D eigenvalue weighted by molar-refractivity contribution is 8.01. The van der Waals surface area contributed by atoms with Gasteiger partial charge < -0.3 is 5.32 Å². The molecule has 1 unspecified atom stereocenters. The van der Waals surface area contributed by atoms with Gasteiger partial charge in [0.2, 0.25) is 0 Å². The molecule has 1 aliphatic rings. The van der Waals surface area contributed by atoms with Crippen LogP contribution in [0.25, 0.3) is 0 Å². The molecule has 2 heterocycles. The lowest BCUT2D eigenvalue weighted by Gasteiger charge is -2.29. The number of nitrogens with one attached hydrogen (secondary N) is 1. The second kappa shape index (κ2) is 5.17. The van der Waals surface area contributed by atoms with Crippen LogP contribution in [0.1, 0.15) is 30.5 Å². The van der Waals surface area contributed by atoms with Crippen LogP contribution in [0.2, 0.25) is 0 Å². The molecule has 0 aliphatic carbocycles. The Kier molecular flexibility index (Phi) is 3.54. The number of rotatable bonds is 2. The molecule has 4 heteroatoms. The lowest BCUT2D eigenvalue weighted by molar-refractivity contribution is 0.625. The molecule has 2 aromatic rings. The minimum atomic E-state index is -0.174. The molecule has 0 radical (unpaired) electrons. The van der Waals surface area contributed by atoms with E-state index in [0.717, 1.165) is 17.7 Å². The Morgan fingerprint density at radius 3 is 2.95 bits per heavy atom. The second-order valence-corrected chi connectivity index (χ2v) is 7.61. The molecule has 3 rings (SSSR count). The zero-order valence-corrected chi connectivity index (χ0v) is 12.6. The summed E-state index contributed by atoms with van der Waals surface area (Å²) in [6.45, 7) is 4.21. The molecule has 19 heavy (non-hydrogen) atoms. The zero-order valence-electron chi connectivity index (χ0n) is 10.9. The highest BCUT2D eigenvalue weighted by atomic mass is 32.2. The van der Waals surface area contributed by atoms with E-state index >= 15 is 0 Å². The van der Waals surface area contributed by atoms with Gasteiger partial charge >= 0.3 is 0 Å². The topological polar surface area (TPSA) is 12.0 Å². The molecule has 1 aliphatic heterocycles. The number of benzene rings is 1. The second-order valence-electron chi connectivity index (χ2n) is 4.98. The third-order valence-electron chi connectivity index (χ3n) is 3.43. The molecule has 0 saturated carbocycles. The molecule has 0 bridgehead atoms. The van der Waals surface area contributed by atoms with E-state index in [1.165, 1.54) is 15.8 Å². The first kappa shape index (κ1) is 13.0. The van der Waals surface area contributed by atoms with Crippen molar-refractivity contribution in [2.24, 2.45) is 0 Å². The molecule has 1 N–H and O–H groups in total. The normalized spacial score (nSPS) is 22.1. The van der Waals surface area contributed by atoms with Crippen LogP contribution in [0, 0.1) is 12.7 Å². The van der Waals surface area contributed by atoms with Crippen molar-refractivity contribution >= 4 is 28.8 Å². The summed E-state index contributed by atoms with van der Waals surface area (Å²) < 4.78 is 14.6. The van der Waals surface area contributed by atoms with Crippen molar-refractivity contribution in [1.29, 1.82) is 0 Å². The van der Waals surface area contributed by atoms with Gasteiger partial charge in [0.25, 0.3) is 0 Å². The first-order valence-corrected chi connectivity index (χ1v) is 8.16. The average Bonchev–Trinajstić information content (AvgIpc) is 2.80. The van der Waals surface area contributed by atoms with Crippen LogP contribution in [-0.2, 0) is 0 Å². The summed E-state index contributed by atoms with van der Waals surface area (Å²) in [5.74, 6) is -0.174. The summed E-state index contributed by atoms with van der Waals surface area (Å²) in [7, 11) is 0. The smallest absolute Gasteiger partial charge is 0.123 e. The predicted molar refractivity (Wildman–Crippen MR) is 81.8 cm³/mol. The summed E-state index contributed by atoms with van der Waals surface area (Å²) in [5.41, 5.74) is 3.38. The highest BCUT2D eigenvalue weighted by Crippen LogP contribution is 2.45. The van der Waals surface area contributed by atoms with E-state index in [1.54, 1.807) is 6.07 Å². The van der Waals surface area contributed by atoms with Crippen molar-refractivity contribution in [3.05, 3.63) is 46.6 Å². The molecule has 1 aromatic heterocycles. The van der Waals surface area contributed by atoms with Gasteiger partial charge in [-0.3, -0.25) is 0 Å². The zero-order chi connectivity index (χ0) is 13.4. The van der Waals surface area contributed by atoms with Crippen molar-refractivity contribution in [2.75, 3.05) is 5.32 Å². The number of hydrogen-bond donors (Lipinski definition) is 1. The molecule has 1 aromatic carbocycles. The molecule has 100 valence electrons. The SMILES string of the molecule is Cc1cc(F)ccc1NC1C[C@H](C)Sc2sccc21. The van der Waals surface area contributed by atoms with E-state index in [2.05, 4.69) is 23.7 Å². The quantitative estimate of drug-likeness (QED) is 0.813. The summed E-state index contributed by atoms with van der Waals surface area (Å²) in [6.07, 6.45) is 1.10. The molecule has 0 spiro atoms. The van der Waals surface area contributed by atoms with Gasteiger partial charge in [0.15, 0.2) is 0 Å². The predicted octanol–water partition coefficient (Wildman–Crippen LogP) is 5.23. The number of aryl methyl sites for hydroxylation is 1. The van der Waals surface area contributed by atoms with Gasteiger partial charge in [0, 0.05) is 10.9 Å². The van der Waals surface area contributed by atoms with Crippen LogP contribution in [0.3, 0.4) is 0 Å². The van der Waals surface area contributed by atoms with Crippen molar-refractivity contribution in [3.63, 3.8) is 0 Å². The van der Waals surface area contributed by atoms with E-state index in [1.807, 2.05) is 36.1 Å². The molecule has 0 saturated heterocycles. The van der Waals surface area contributed by atoms with Gasteiger partial charge in [-0.25, -0.2) is 4.39 Å². The Morgan fingerprint density at radius 1 is 1.32 bits per heavy atom. The van der Waals surface area contributed by atoms with Crippen molar-refractivity contribution < 1.29 is 4.39 Å². The van der Waals surface area contributed by atoms with Gasteiger partial charge in [-0.05, 0) is 54.1 Å². The van der Waals surface area contributed by atoms with E-state index in [9.17, 15) is 4.39 Å². The third kappa shape index (κ3) is 2.65. The van der Waals surface area contributed by atoms with E-state index in [-0.39, 0.29) is 5.82 Å². The van der Waals surface area contributed by atoms with Crippen molar-refractivity contribution in [1.82, 2.24) is 0 Å². The Bertz CT molecular complexity index is 594. The maximum atomic E-state index is 13.1. The fourth-order valence-electron chi connectivity index (χ4n) is 2.46. The Labute approximate surface area is 121 Å². The molecule has 2 atom stereocenters. The minimum Gasteiger partial charge on any atom is -0.378 e. The van der Waals surface area contributed by atoms with Gasteiger partial charge in [0.05, 0.1) is 10.3 Å². The van der Waals surface area contributed by atoms with Crippen LogP contribution in [0.15, 0.2) is 33.9 Å². The Morgan fingerprint density at radius 2 is 2.16 bits per heavy atom. The first-order valence-electron chi connectivity index (χ1n) is 6.40. The number of hydrogen-bond acceptors (Lipinski definition) is 3. The van der Waals surface area contributed by atoms with Crippen molar-refractivity contribution in [2.45, 2.75) is 35.8 Å². The lowest BCUT2D eigenvalue weighted by atomic mass is 10.0. The number of thioether (sulfide) groups is 1. The fourth-order valence-corrected chi connectivity index (χ4v) is 5.03. The van der Waals surface area contributed by atoms with Crippen molar-refractivity contribution in [3.8, 4) is 0 Å². The Balaban J connectivity index is 1.88. The molecular formula is C15H16FNS2. The van der Waals surface area contributed by atoms with E-state index in [0.29, 0.717) is 11.3 Å². The largest absolute Gasteiger partial charge is 0.378 e. The standard InChI is InChI=1S/C15H16FNS2/c1-9-7-11(16)3-4-13(9)17-14-8-10(2)19-15-12(14)5-6-18-15/h3-7,10,14,17H,8H2,1-2H3/t10-,14?/m0/s1. The summed E-state index contributed by atoms with van der Waals surface area (Å²) in [6, 6.07) is 7.48. The first-order chi connectivity index (χ1) is 9.13. The van der Waals surface area contributed by atoms with Crippen LogP contribution in [0.5, 0.6) is 0 Å². The summed E-state index contributed by atoms with van der Waals surface area (Å²) in [4.78, 5) is 0. The van der Waals surface area contributed by atoms with E-state index < -0.39 is 0 Å². The van der Waals surface area contributed by atoms with Gasteiger partial charge in [-0.2, -0.15) is 0 Å². The highest BCUT2D eigenvalue weighted by Gasteiger charge is 2.26. The number of halogens is 1. The number of fused-ring (bicyclic) bond motifs is 1. The molecule has 0 fully saturated rings. The third-order valence-corrected chi connectivity index (χ3v) is 5.77. The maximum Gasteiger partial charge on any atom is 0.123 e. The lowest BCUT2D eigenvalue weighted by Crippen LogP contribution is -2.19.